The number of aliphatic hydroxyl groups is 1. The highest BCUT2D eigenvalue weighted by atomic mass is 19.4. The molecule has 6 heteroatoms. The average Bonchev–Trinajstić information content (AvgIpc) is 2.90. The summed E-state index contributed by atoms with van der Waals surface area (Å²) in [5.41, 5.74) is -0.215. The Morgan fingerprint density at radius 3 is 2.48 bits per heavy atom. The summed E-state index contributed by atoms with van der Waals surface area (Å²) in [6.45, 7) is 1.62. The summed E-state index contributed by atoms with van der Waals surface area (Å²) < 4.78 is 37.5. The molecule has 1 atom stereocenters. The predicted octanol–water partition coefficient (Wildman–Crippen LogP) is 3.19. The average molecular weight is 322 g/mol. The fraction of sp³-hybridized carbons (Fsp3) is 0.353. The molecular formula is C17H17F3N2O. The van der Waals surface area contributed by atoms with Crippen molar-refractivity contribution in [1.29, 1.82) is 0 Å². The lowest BCUT2D eigenvalue weighted by molar-refractivity contribution is -0.141. The van der Waals surface area contributed by atoms with E-state index in [0.717, 1.165) is 11.6 Å². The third kappa shape index (κ3) is 3.54. The number of likely N-dealkylation sites (tertiary alicyclic amines) is 1. The first-order valence-electron chi connectivity index (χ1n) is 7.39. The van der Waals surface area contributed by atoms with Crippen LogP contribution >= 0.6 is 0 Å². The fourth-order valence-corrected chi connectivity index (χ4v) is 2.93. The van der Waals surface area contributed by atoms with E-state index in [9.17, 15) is 18.3 Å². The van der Waals surface area contributed by atoms with Gasteiger partial charge in [0.1, 0.15) is 11.3 Å². The van der Waals surface area contributed by atoms with Crippen LogP contribution in [0, 0.1) is 0 Å². The van der Waals surface area contributed by atoms with Gasteiger partial charge >= 0.3 is 6.18 Å². The Morgan fingerprint density at radius 2 is 1.87 bits per heavy atom. The van der Waals surface area contributed by atoms with Gasteiger partial charge in [-0.3, -0.25) is 9.88 Å². The summed E-state index contributed by atoms with van der Waals surface area (Å²) in [5.74, 6) is 0. The van der Waals surface area contributed by atoms with Crippen molar-refractivity contribution in [3.05, 3.63) is 65.5 Å². The first-order chi connectivity index (χ1) is 10.9. The van der Waals surface area contributed by atoms with Gasteiger partial charge in [0.2, 0.25) is 0 Å². The fourth-order valence-electron chi connectivity index (χ4n) is 2.93. The highest BCUT2D eigenvalue weighted by Crippen LogP contribution is 2.32. The number of rotatable bonds is 3. The number of aromatic nitrogens is 1. The van der Waals surface area contributed by atoms with Gasteiger partial charge in [-0.25, -0.2) is 0 Å². The van der Waals surface area contributed by atoms with Gasteiger partial charge in [-0.05, 0) is 23.6 Å². The molecule has 1 N–H and O–H groups in total. The van der Waals surface area contributed by atoms with Crippen molar-refractivity contribution in [2.75, 3.05) is 13.1 Å². The largest absolute Gasteiger partial charge is 0.433 e. The molecule has 0 spiro atoms. The molecule has 2 heterocycles. The van der Waals surface area contributed by atoms with Crippen molar-refractivity contribution in [1.82, 2.24) is 9.88 Å². The van der Waals surface area contributed by atoms with E-state index in [0.29, 0.717) is 31.6 Å². The maximum atomic E-state index is 12.5. The minimum absolute atomic E-state index is 0.456. The Labute approximate surface area is 132 Å². The second kappa shape index (κ2) is 5.94. The normalized spacial score (nSPS) is 22.4. The third-order valence-corrected chi connectivity index (χ3v) is 4.16. The smallest absolute Gasteiger partial charge is 0.384 e. The molecule has 1 fully saturated rings. The first-order valence-corrected chi connectivity index (χ1v) is 7.39. The van der Waals surface area contributed by atoms with Gasteiger partial charge in [0.25, 0.3) is 0 Å². The molecule has 0 aliphatic carbocycles. The Kier molecular flexibility index (Phi) is 4.12. The Morgan fingerprint density at radius 1 is 1.13 bits per heavy atom. The second-order valence-electron chi connectivity index (χ2n) is 5.91. The number of alkyl halides is 3. The zero-order valence-corrected chi connectivity index (χ0v) is 12.4. The van der Waals surface area contributed by atoms with Gasteiger partial charge in [-0.15, -0.1) is 0 Å². The molecule has 1 aliphatic rings. The van der Waals surface area contributed by atoms with Gasteiger partial charge in [-0.2, -0.15) is 13.2 Å². The summed E-state index contributed by atoms with van der Waals surface area (Å²) in [6, 6.07) is 11.9. The molecule has 1 aliphatic heterocycles. The molecule has 0 radical (unpaired) electrons. The monoisotopic (exact) mass is 322 g/mol. The van der Waals surface area contributed by atoms with Gasteiger partial charge in [0, 0.05) is 25.8 Å². The van der Waals surface area contributed by atoms with Crippen LogP contribution in [0.3, 0.4) is 0 Å². The van der Waals surface area contributed by atoms with Crippen molar-refractivity contribution >= 4 is 0 Å². The molecule has 0 bridgehead atoms. The van der Waals surface area contributed by atoms with E-state index in [4.69, 9.17) is 0 Å². The summed E-state index contributed by atoms with van der Waals surface area (Å²) in [7, 11) is 0. The lowest BCUT2D eigenvalue weighted by Gasteiger charge is -2.24. The van der Waals surface area contributed by atoms with Crippen LogP contribution < -0.4 is 0 Å². The topological polar surface area (TPSA) is 36.4 Å². The number of hydrogen-bond donors (Lipinski definition) is 1. The van der Waals surface area contributed by atoms with Crippen molar-refractivity contribution in [3.8, 4) is 0 Å². The molecule has 1 aromatic heterocycles. The number of nitrogens with zero attached hydrogens (tertiary/aromatic N) is 2. The summed E-state index contributed by atoms with van der Waals surface area (Å²) >= 11 is 0. The third-order valence-electron chi connectivity index (χ3n) is 4.16. The van der Waals surface area contributed by atoms with E-state index >= 15 is 0 Å². The maximum Gasteiger partial charge on any atom is 0.433 e. The highest BCUT2D eigenvalue weighted by molar-refractivity contribution is 5.24. The first kappa shape index (κ1) is 16.0. The maximum absolute atomic E-state index is 12.5. The van der Waals surface area contributed by atoms with Crippen LogP contribution in [0.15, 0.2) is 48.7 Å². The van der Waals surface area contributed by atoms with Crippen molar-refractivity contribution in [3.63, 3.8) is 0 Å². The Bertz CT molecular complexity index is 658. The molecular weight excluding hydrogens is 305 g/mol. The SMILES string of the molecule is O[C@@]1(c2ccccc2)CCN(Cc2ccc(C(F)(F)F)nc2)C1. The van der Waals surface area contributed by atoms with Gasteiger partial charge < -0.3 is 5.11 Å². The van der Waals surface area contributed by atoms with E-state index in [1.165, 1.54) is 12.3 Å². The standard InChI is InChI=1S/C17H17F3N2O/c18-17(19,20)15-7-6-13(10-21-15)11-22-9-8-16(23,12-22)14-4-2-1-3-5-14/h1-7,10,23H,8-9,11-12H2/t16-/m0/s1. The van der Waals surface area contributed by atoms with Gasteiger partial charge in [-0.1, -0.05) is 36.4 Å². The lowest BCUT2D eigenvalue weighted by Crippen LogP contribution is -2.30. The van der Waals surface area contributed by atoms with E-state index in [1.54, 1.807) is 0 Å². The molecule has 122 valence electrons. The second-order valence-corrected chi connectivity index (χ2v) is 5.91. The molecule has 3 rings (SSSR count). The molecule has 0 amide bonds. The van der Waals surface area contributed by atoms with E-state index in [2.05, 4.69) is 4.98 Å². The van der Waals surface area contributed by atoms with E-state index < -0.39 is 17.5 Å². The van der Waals surface area contributed by atoms with Crippen LogP contribution in [0.2, 0.25) is 0 Å². The van der Waals surface area contributed by atoms with E-state index in [1.807, 2.05) is 35.2 Å². The van der Waals surface area contributed by atoms with Crippen molar-refractivity contribution in [2.45, 2.75) is 24.7 Å². The zero-order chi connectivity index (χ0) is 16.5. The van der Waals surface area contributed by atoms with Gasteiger partial charge in [0.05, 0.1) is 0 Å². The minimum Gasteiger partial charge on any atom is -0.384 e. The van der Waals surface area contributed by atoms with E-state index in [-0.39, 0.29) is 0 Å². The number of pyridine rings is 1. The van der Waals surface area contributed by atoms with Crippen LogP contribution in [-0.4, -0.2) is 28.1 Å². The van der Waals surface area contributed by atoms with Crippen molar-refractivity contribution in [2.24, 2.45) is 0 Å². The molecule has 3 nitrogen and oxygen atoms in total. The Hall–Kier alpha value is -1.92. The summed E-state index contributed by atoms with van der Waals surface area (Å²) in [5, 5.41) is 10.8. The molecule has 1 saturated heterocycles. The quantitative estimate of drug-likeness (QED) is 0.943. The number of halogens is 3. The number of benzene rings is 1. The predicted molar refractivity (Wildman–Crippen MR) is 79.5 cm³/mol. The highest BCUT2D eigenvalue weighted by Gasteiger charge is 2.37. The molecule has 0 unspecified atom stereocenters. The van der Waals surface area contributed by atoms with Crippen LogP contribution in [0.5, 0.6) is 0 Å². The summed E-state index contributed by atoms with van der Waals surface area (Å²) in [4.78, 5) is 5.50. The lowest BCUT2D eigenvalue weighted by atomic mass is 9.93. The van der Waals surface area contributed by atoms with Gasteiger partial charge in [0.15, 0.2) is 0 Å². The summed E-state index contributed by atoms with van der Waals surface area (Å²) in [6.07, 6.45) is -2.56. The zero-order valence-electron chi connectivity index (χ0n) is 12.4. The van der Waals surface area contributed by atoms with Crippen molar-refractivity contribution < 1.29 is 18.3 Å². The van der Waals surface area contributed by atoms with Crippen LogP contribution in [0.25, 0.3) is 0 Å². The molecule has 1 aromatic carbocycles. The molecule has 0 saturated carbocycles. The molecule has 2 aromatic rings. The van der Waals surface area contributed by atoms with Crippen LogP contribution in [-0.2, 0) is 18.3 Å². The van der Waals surface area contributed by atoms with Crippen LogP contribution in [0.4, 0.5) is 13.2 Å². The minimum atomic E-state index is -4.42. The number of hydrogen-bond acceptors (Lipinski definition) is 3. The molecule has 23 heavy (non-hydrogen) atoms. The van der Waals surface area contributed by atoms with Crippen LogP contribution in [0.1, 0.15) is 23.2 Å². The number of β-amino-alcohol motifs (C(OH)–C–C–N with tert-alkyl or cyclic N) is 1. The Balaban J connectivity index is 1.66.